The molecule has 0 radical (unpaired) electrons. The number of hydrogen-bond acceptors (Lipinski definition) is 5. The molecule has 0 saturated carbocycles. The number of Topliss-reactive ketones (excluding diaryl/α,β-unsaturated/α-hetero) is 2. The van der Waals surface area contributed by atoms with Crippen molar-refractivity contribution in [2.45, 2.75) is 20.5 Å². The minimum atomic E-state index is -2.98. The van der Waals surface area contributed by atoms with Crippen LogP contribution in [0.5, 0.6) is 5.75 Å². The van der Waals surface area contributed by atoms with Crippen molar-refractivity contribution in [3.8, 4) is 5.75 Å². The van der Waals surface area contributed by atoms with Gasteiger partial charge in [-0.2, -0.15) is 8.78 Å². The molecule has 21 heavy (non-hydrogen) atoms. The summed E-state index contributed by atoms with van der Waals surface area (Å²) in [5.41, 5.74) is -0.488. The molecule has 0 aliphatic rings. The lowest BCUT2D eigenvalue weighted by Crippen LogP contribution is -2.27. The molecule has 0 amide bonds. The standard InChI is InChI=1S/C14H14F2N2O3/c1-8(13(20)12(17)9(2)19)7-18-10-5-3-4-6-11(10)21-14(15)16/h3-8,14,17H,1-2H3. The van der Waals surface area contributed by atoms with Crippen molar-refractivity contribution >= 4 is 29.2 Å². The Hall–Kier alpha value is -2.44. The monoisotopic (exact) mass is 296 g/mol. The zero-order valence-corrected chi connectivity index (χ0v) is 11.5. The highest BCUT2D eigenvalue weighted by Crippen LogP contribution is 2.28. The van der Waals surface area contributed by atoms with Crippen LogP contribution in [0.4, 0.5) is 14.5 Å². The summed E-state index contributed by atoms with van der Waals surface area (Å²) in [6.07, 6.45) is 1.19. The SMILES string of the molecule is CC(=O)C(=N)C(=O)C(C)C=Nc1ccccc1OC(F)F. The summed E-state index contributed by atoms with van der Waals surface area (Å²) in [4.78, 5) is 26.5. The molecule has 5 nitrogen and oxygen atoms in total. The Morgan fingerprint density at radius 1 is 1.33 bits per heavy atom. The normalized spacial score (nSPS) is 12.4. The number of aliphatic imine (C=N–C) groups is 1. The molecule has 1 unspecified atom stereocenters. The summed E-state index contributed by atoms with van der Waals surface area (Å²) in [6, 6.07) is 5.86. The van der Waals surface area contributed by atoms with Gasteiger partial charge in [-0.25, -0.2) is 0 Å². The molecular weight excluding hydrogens is 282 g/mol. The summed E-state index contributed by atoms with van der Waals surface area (Å²) < 4.78 is 28.8. The lowest BCUT2D eigenvalue weighted by molar-refractivity contribution is -0.117. The van der Waals surface area contributed by atoms with Crippen molar-refractivity contribution in [2.75, 3.05) is 0 Å². The van der Waals surface area contributed by atoms with E-state index in [1.807, 2.05) is 0 Å². The molecule has 0 bridgehead atoms. The number of carbonyl (C=O) groups is 2. The number of rotatable bonds is 7. The number of nitrogens with one attached hydrogen (secondary N) is 1. The molecular formula is C14H14F2N2O3. The maximum absolute atomic E-state index is 12.2. The molecule has 0 aliphatic carbocycles. The summed E-state index contributed by atoms with van der Waals surface area (Å²) in [6.45, 7) is -0.401. The number of ether oxygens (including phenoxy) is 1. The van der Waals surface area contributed by atoms with E-state index in [-0.39, 0.29) is 11.4 Å². The molecule has 1 N–H and O–H groups in total. The topological polar surface area (TPSA) is 79.6 Å². The van der Waals surface area contributed by atoms with Crippen molar-refractivity contribution < 1.29 is 23.1 Å². The Morgan fingerprint density at radius 2 is 1.95 bits per heavy atom. The zero-order chi connectivity index (χ0) is 16.0. The Bertz CT molecular complexity index is 585. The van der Waals surface area contributed by atoms with Gasteiger partial charge >= 0.3 is 6.61 Å². The van der Waals surface area contributed by atoms with E-state index in [9.17, 15) is 18.4 Å². The van der Waals surface area contributed by atoms with Crippen molar-refractivity contribution in [2.24, 2.45) is 10.9 Å². The third-order valence-electron chi connectivity index (χ3n) is 2.53. The van der Waals surface area contributed by atoms with Gasteiger partial charge in [-0.15, -0.1) is 0 Å². The predicted octanol–water partition coefficient (Wildman–Crippen LogP) is 2.80. The second kappa shape index (κ2) is 7.37. The van der Waals surface area contributed by atoms with Crippen molar-refractivity contribution in [3.63, 3.8) is 0 Å². The molecule has 0 heterocycles. The first-order valence-corrected chi connectivity index (χ1v) is 6.04. The van der Waals surface area contributed by atoms with Gasteiger partial charge in [-0.3, -0.25) is 20.0 Å². The van der Waals surface area contributed by atoms with Crippen LogP contribution >= 0.6 is 0 Å². The summed E-state index contributed by atoms with van der Waals surface area (Å²) in [7, 11) is 0. The Labute approximate surface area is 120 Å². The molecule has 0 fully saturated rings. The number of ketones is 2. The van der Waals surface area contributed by atoms with Crippen molar-refractivity contribution in [1.82, 2.24) is 0 Å². The maximum atomic E-state index is 12.2. The molecule has 0 saturated heterocycles. The van der Waals surface area contributed by atoms with Crippen LogP contribution in [0.3, 0.4) is 0 Å². The van der Waals surface area contributed by atoms with E-state index in [0.29, 0.717) is 0 Å². The van der Waals surface area contributed by atoms with Gasteiger partial charge in [-0.05, 0) is 12.1 Å². The molecule has 7 heteroatoms. The second-order valence-electron chi connectivity index (χ2n) is 4.21. The lowest BCUT2D eigenvalue weighted by atomic mass is 10.0. The molecule has 1 atom stereocenters. The average Bonchev–Trinajstić information content (AvgIpc) is 2.43. The third-order valence-corrected chi connectivity index (χ3v) is 2.53. The van der Waals surface area contributed by atoms with Crippen molar-refractivity contribution in [3.05, 3.63) is 24.3 Å². The number of hydrogen-bond donors (Lipinski definition) is 1. The molecule has 0 spiro atoms. The molecule has 0 aliphatic heterocycles. The van der Waals surface area contributed by atoms with Gasteiger partial charge in [0.2, 0.25) is 0 Å². The van der Waals surface area contributed by atoms with E-state index in [1.54, 1.807) is 6.07 Å². The van der Waals surface area contributed by atoms with Gasteiger partial charge in [0.05, 0.1) is 5.92 Å². The largest absolute Gasteiger partial charge is 0.433 e. The fourth-order valence-corrected chi connectivity index (χ4v) is 1.42. The Kier molecular flexibility index (Phi) is 5.83. The molecule has 1 aromatic rings. The molecule has 1 aromatic carbocycles. The van der Waals surface area contributed by atoms with Gasteiger partial charge < -0.3 is 4.74 Å². The van der Waals surface area contributed by atoms with E-state index in [2.05, 4.69) is 9.73 Å². The molecule has 112 valence electrons. The van der Waals surface area contributed by atoms with E-state index in [4.69, 9.17) is 5.41 Å². The molecule has 1 rings (SSSR count). The first-order chi connectivity index (χ1) is 9.82. The second-order valence-corrected chi connectivity index (χ2v) is 4.21. The number of alkyl halides is 2. The molecule has 0 aromatic heterocycles. The number of carbonyl (C=O) groups excluding carboxylic acids is 2. The van der Waals surface area contributed by atoms with Gasteiger partial charge in [0.25, 0.3) is 0 Å². The highest BCUT2D eigenvalue weighted by molar-refractivity contribution is 6.65. The smallest absolute Gasteiger partial charge is 0.387 e. The van der Waals surface area contributed by atoms with Gasteiger partial charge in [0.15, 0.2) is 17.3 Å². The maximum Gasteiger partial charge on any atom is 0.387 e. The Balaban J connectivity index is 2.88. The van der Waals surface area contributed by atoms with Crippen LogP contribution in [0.25, 0.3) is 0 Å². The van der Waals surface area contributed by atoms with Crippen LogP contribution in [-0.4, -0.2) is 30.1 Å². The predicted molar refractivity (Wildman–Crippen MR) is 73.8 cm³/mol. The number of benzene rings is 1. The minimum absolute atomic E-state index is 0.120. The quantitative estimate of drug-likeness (QED) is 0.620. The first-order valence-electron chi connectivity index (χ1n) is 6.04. The number of para-hydroxylation sites is 2. The van der Waals surface area contributed by atoms with Gasteiger partial charge in [-0.1, -0.05) is 19.1 Å². The highest BCUT2D eigenvalue weighted by Gasteiger charge is 2.19. The van der Waals surface area contributed by atoms with Gasteiger partial charge in [0.1, 0.15) is 11.4 Å². The van der Waals surface area contributed by atoms with E-state index < -0.39 is 29.8 Å². The van der Waals surface area contributed by atoms with Crippen LogP contribution in [-0.2, 0) is 9.59 Å². The van der Waals surface area contributed by atoms with Crippen LogP contribution in [0.1, 0.15) is 13.8 Å². The number of nitrogens with zero attached hydrogens (tertiary/aromatic N) is 1. The third kappa shape index (κ3) is 4.87. The number of halogens is 2. The van der Waals surface area contributed by atoms with E-state index >= 15 is 0 Å². The average molecular weight is 296 g/mol. The van der Waals surface area contributed by atoms with Crippen LogP contribution in [0.15, 0.2) is 29.3 Å². The fraction of sp³-hybridized carbons (Fsp3) is 0.286. The highest BCUT2D eigenvalue weighted by atomic mass is 19.3. The summed E-state index contributed by atoms with van der Waals surface area (Å²) >= 11 is 0. The minimum Gasteiger partial charge on any atom is -0.433 e. The first kappa shape index (κ1) is 16.6. The van der Waals surface area contributed by atoms with Crippen LogP contribution < -0.4 is 4.74 Å². The van der Waals surface area contributed by atoms with E-state index in [1.165, 1.54) is 31.3 Å². The lowest BCUT2D eigenvalue weighted by Gasteiger charge is -2.08. The summed E-state index contributed by atoms with van der Waals surface area (Å²) in [5.74, 6) is -2.26. The van der Waals surface area contributed by atoms with Gasteiger partial charge in [0, 0.05) is 13.1 Å². The zero-order valence-electron chi connectivity index (χ0n) is 11.5. The van der Waals surface area contributed by atoms with Crippen molar-refractivity contribution in [1.29, 1.82) is 5.41 Å². The van der Waals surface area contributed by atoms with E-state index in [0.717, 1.165) is 6.92 Å². The van der Waals surface area contributed by atoms with Crippen LogP contribution in [0.2, 0.25) is 0 Å². The fourth-order valence-electron chi connectivity index (χ4n) is 1.42. The summed E-state index contributed by atoms with van der Waals surface area (Å²) in [5, 5.41) is 7.31. The Morgan fingerprint density at radius 3 is 2.52 bits per heavy atom. The van der Waals surface area contributed by atoms with Crippen LogP contribution in [0, 0.1) is 11.3 Å².